The number of amides is 1. The maximum Gasteiger partial charge on any atom is 0.508 e. The van der Waals surface area contributed by atoms with E-state index in [1.807, 2.05) is 12.1 Å². The Hall–Kier alpha value is -3.24. The van der Waals surface area contributed by atoms with E-state index in [4.69, 9.17) is 14.2 Å². The van der Waals surface area contributed by atoms with Crippen molar-refractivity contribution in [3.8, 4) is 0 Å². The number of unbranched alkanes of at least 4 members (excludes halogenated alkanes) is 21. The van der Waals surface area contributed by atoms with Gasteiger partial charge < -0.3 is 24.6 Å². The van der Waals surface area contributed by atoms with E-state index in [9.17, 15) is 19.5 Å². The molecule has 1 rings (SSSR count). The lowest BCUT2D eigenvalue weighted by molar-refractivity contribution is -0.151. The minimum atomic E-state index is -0.526. The molecule has 0 fully saturated rings. The van der Waals surface area contributed by atoms with E-state index in [-0.39, 0.29) is 31.2 Å². The summed E-state index contributed by atoms with van der Waals surface area (Å²) in [5.41, 5.74) is 0.955. The van der Waals surface area contributed by atoms with Crippen molar-refractivity contribution in [2.24, 2.45) is 0 Å². The van der Waals surface area contributed by atoms with Crippen LogP contribution < -0.4 is 5.32 Å². The summed E-state index contributed by atoms with van der Waals surface area (Å²) in [7, 11) is 0. The fourth-order valence-corrected chi connectivity index (χ4v) is 7.94. The molecule has 1 atom stereocenters. The molecule has 0 aliphatic rings. The maximum atomic E-state index is 13.4. The zero-order chi connectivity index (χ0) is 46.4. The van der Waals surface area contributed by atoms with E-state index < -0.39 is 12.2 Å². The number of ether oxygens (including phenoxy) is 3. The standard InChI is InChI=1S/C54H95N3O7/c1-4-7-10-13-16-17-18-19-20-24-31-41-56-52(59)39-30-27-33-43-57(51(53(60)62-46-44-58)47-49-36-35-40-55-48-49)42-32-25-21-26-34-45-63-54(61)64-50(37-28-22-14-11-8-5-2)38-29-23-15-12-9-6-3/h13,16-18,35-36,40,48,50-51,58H,4-12,14-15,19-34,37-39,41-47H2,1-3H3,(H,56,59)/b16-13+,18-17+. The van der Waals surface area contributed by atoms with E-state index in [0.29, 0.717) is 26.0 Å². The van der Waals surface area contributed by atoms with Gasteiger partial charge in [-0.1, -0.05) is 160 Å². The number of aliphatic hydroxyl groups is 1. The summed E-state index contributed by atoms with van der Waals surface area (Å²) in [6.07, 6.45) is 44.3. The fraction of sp³-hybridized carbons (Fsp3) is 0.778. The molecule has 1 aromatic heterocycles. The van der Waals surface area contributed by atoms with Crippen LogP contribution in [-0.2, 0) is 30.2 Å². The first-order valence-electron chi connectivity index (χ1n) is 26.3. The number of hydrogen-bond donors (Lipinski definition) is 2. The molecule has 0 aliphatic heterocycles. The minimum absolute atomic E-state index is 0.0340. The number of hydrogen-bond acceptors (Lipinski definition) is 9. The van der Waals surface area contributed by atoms with Crippen LogP contribution in [0.3, 0.4) is 0 Å². The Morgan fingerprint density at radius 1 is 0.672 bits per heavy atom. The third kappa shape index (κ3) is 36.0. The zero-order valence-electron chi connectivity index (χ0n) is 41.2. The zero-order valence-corrected chi connectivity index (χ0v) is 41.2. The van der Waals surface area contributed by atoms with Crippen molar-refractivity contribution in [3.05, 3.63) is 54.4 Å². The van der Waals surface area contributed by atoms with Crippen LogP contribution in [-0.4, -0.2) is 84.6 Å². The highest BCUT2D eigenvalue weighted by molar-refractivity contribution is 5.76. The second kappa shape index (κ2) is 44.9. The van der Waals surface area contributed by atoms with Gasteiger partial charge in [-0.25, -0.2) is 4.79 Å². The highest BCUT2D eigenvalue weighted by atomic mass is 16.7. The summed E-state index contributed by atoms with van der Waals surface area (Å²) in [6.45, 7) is 8.95. The van der Waals surface area contributed by atoms with Crippen LogP contribution in [0.25, 0.3) is 0 Å². The van der Waals surface area contributed by atoms with E-state index in [1.165, 1.54) is 77.0 Å². The average molecular weight is 898 g/mol. The van der Waals surface area contributed by atoms with Crippen molar-refractivity contribution in [1.29, 1.82) is 0 Å². The summed E-state index contributed by atoms with van der Waals surface area (Å²) in [6, 6.07) is 3.36. The topological polar surface area (TPSA) is 127 Å². The van der Waals surface area contributed by atoms with Crippen LogP contribution in [0.4, 0.5) is 4.79 Å². The van der Waals surface area contributed by atoms with Gasteiger partial charge in [0, 0.05) is 31.8 Å². The van der Waals surface area contributed by atoms with Crippen molar-refractivity contribution in [1.82, 2.24) is 15.2 Å². The fourth-order valence-electron chi connectivity index (χ4n) is 7.94. The lowest BCUT2D eigenvalue weighted by Crippen LogP contribution is -2.45. The first-order valence-corrected chi connectivity index (χ1v) is 26.3. The van der Waals surface area contributed by atoms with Crippen LogP contribution in [0.15, 0.2) is 48.8 Å². The van der Waals surface area contributed by atoms with E-state index in [2.05, 4.69) is 60.3 Å². The molecule has 0 aromatic carbocycles. The SMILES string of the molecule is CCCC/C=C/C=C/CCCCCNC(=O)CCCCCN(CCCCCCCOC(=O)OC(CCCCCCCC)CCCCCCCC)C(Cc1cccnc1)C(=O)OCCO. The molecule has 0 saturated heterocycles. The smallest absolute Gasteiger partial charge is 0.462 e. The van der Waals surface area contributed by atoms with Crippen LogP contribution in [0.2, 0.25) is 0 Å². The van der Waals surface area contributed by atoms with Crippen molar-refractivity contribution in [2.45, 2.75) is 232 Å². The lowest BCUT2D eigenvalue weighted by atomic mass is 10.0. The maximum absolute atomic E-state index is 13.4. The van der Waals surface area contributed by atoms with Gasteiger partial charge in [-0.3, -0.25) is 19.5 Å². The number of nitrogens with zero attached hydrogens (tertiary/aromatic N) is 2. The summed E-state index contributed by atoms with van der Waals surface area (Å²) < 4.78 is 16.9. The third-order valence-electron chi connectivity index (χ3n) is 11.9. The average Bonchev–Trinajstić information content (AvgIpc) is 3.30. The number of pyridine rings is 1. The molecular formula is C54H95N3O7. The van der Waals surface area contributed by atoms with E-state index in [0.717, 1.165) is 128 Å². The molecular weight excluding hydrogens is 803 g/mol. The molecule has 368 valence electrons. The summed E-state index contributed by atoms with van der Waals surface area (Å²) in [5, 5.41) is 12.5. The van der Waals surface area contributed by atoms with Gasteiger partial charge in [0.1, 0.15) is 18.8 Å². The predicted octanol–water partition coefficient (Wildman–Crippen LogP) is 13.3. The molecule has 1 heterocycles. The van der Waals surface area contributed by atoms with Gasteiger partial charge in [-0.05, 0) is 102 Å². The number of carbonyl (C=O) groups is 3. The predicted molar refractivity (Wildman–Crippen MR) is 264 cm³/mol. The van der Waals surface area contributed by atoms with E-state index in [1.54, 1.807) is 12.4 Å². The monoisotopic (exact) mass is 898 g/mol. The van der Waals surface area contributed by atoms with Crippen molar-refractivity contribution >= 4 is 18.0 Å². The number of esters is 1. The molecule has 0 bridgehead atoms. The number of aromatic nitrogens is 1. The highest BCUT2D eigenvalue weighted by Crippen LogP contribution is 2.19. The van der Waals surface area contributed by atoms with Gasteiger partial charge in [0.05, 0.1) is 13.2 Å². The van der Waals surface area contributed by atoms with Crippen molar-refractivity contribution in [2.75, 3.05) is 39.5 Å². The molecule has 1 unspecified atom stereocenters. The Labute approximate surface area is 391 Å². The summed E-state index contributed by atoms with van der Waals surface area (Å²) >= 11 is 0. The first-order chi connectivity index (χ1) is 31.4. The normalized spacial score (nSPS) is 12.2. The van der Waals surface area contributed by atoms with Crippen molar-refractivity contribution in [3.63, 3.8) is 0 Å². The lowest BCUT2D eigenvalue weighted by Gasteiger charge is -2.30. The second-order valence-corrected chi connectivity index (χ2v) is 17.7. The van der Waals surface area contributed by atoms with Gasteiger partial charge in [-0.15, -0.1) is 0 Å². The molecule has 2 N–H and O–H groups in total. The van der Waals surface area contributed by atoms with E-state index >= 15 is 0 Å². The number of nitrogens with one attached hydrogen (secondary N) is 1. The van der Waals surface area contributed by atoms with Gasteiger partial charge >= 0.3 is 12.1 Å². The highest BCUT2D eigenvalue weighted by Gasteiger charge is 2.27. The Morgan fingerprint density at radius 3 is 1.88 bits per heavy atom. The third-order valence-corrected chi connectivity index (χ3v) is 11.9. The number of allylic oxidation sites excluding steroid dienone is 4. The van der Waals surface area contributed by atoms with Gasteiger partial charge in [0.15, 0.2) is 0 Å². The molecule has 1 amide bonds. The first kappa shape index (κ1) is 58.8. The molecule has 0 radical (unpaired) electrons. The molecule has 1 aromatic rings. The minimum Gasteiger partial charge on any atom is -0.462 e. The summed E-state index contributed by atoms with van der Waals surface area (Å²) in [5.74, 6) is -0.229. The molecule has 64 heavy (non-hydrogen) atoms. The van der Waals surface area contributed by atoms with Crippen LogP contribution in [0, 0.1) is 0 Å². The molecule has 10 heteroatoms. The number of aliphatic hydroxyl groups excluding tert-OH is 1. The van der Waals surface area contributed by atoms with Gasteiger partial charge in [-0.2, -0.15) is 0 Å². The molecule has 0 spiro atoms. The Bertz CT molecular complexity index is 1260. The van der Waals surface area contributed by atoms with Crippen LogP contribution in [0.5, 0.6) is 0 Å². The Morgan fingerprint density at radius 2 is 1.25 bits per heavy atom. The Balaban J connectivity index is 2.54. The summed E-state index contributed by atoms with van der Waals surface area (Å²) in [4.78, 5) is 45.1. The number of rotatable bonds is 45. The quantitative estimate of drug-likeness (QED) is 0.0374. The molecule has 0 saturated carbocycles. The van der Waals surface area contributed by atoms with Crippen LogP contribution >= 0.6 is 0 Å². The largest absolute Gasteiger partial charge is 0.508 e. The van der Waals surface area contributed by atoms with Crippen LogP contribution in [0.1, 0.15) is 219 Å². The second-order valence-electron chi connectivity index (χ2n) is 17.7. The van der Waals surface area contributed by atoms with Gasteiger partial charge in [0.2, 0.25) is 5.91 Å². The Kier molecular flexibility index (Phi) is 41.3. The van der Waals surface area contributed by atoms with Crippen molar-refractivity contribution < 1.29 is 33.7 Å². The molecule has 10 nitrogen and oxygen atoms in total. The molecule has 0 aliphatic carbocycles. The number of carbonyl (C=O) groups excluding carboxylic acids is 3. The van der Waals surface area contributed by atoms with Gasteiger partial charge in [0.25, 0.3) is 0 Å².